The number of halogens is 2. The van der Waals surface area contributed by atoms with Crippen LogP contribution in [0, 0.1) is 5.82 Å². The fourth-order valence-electron chi connectivity index (χ4n) is 3.09. The molecule has 0 atom stereocenters. The zero-order chi connectivity index (χ0) is 18.3. The molecule has 1 aromatic carbocycles. The molecule has 2 heterocycles. The SMILES string of the molecule is O=C(Nc1ccc(F)c(Cl)c1)N1CCc2nc(NC3CC(O)C3)sc2C1. The second kappa shape index (κ2) is 7.02. The van der Waals surface area contributed by atoms with Gasteiger partial charge in [0.15, 0.2) is 5.13 Å². The van der Waals surface area contributed by atoms with Gasteiger partial charge in [-0.3, -0.25) is 0 Å². The number of rotatable bonds is 3. The van der Waals surface area contributed by atoms with Crippen molar-refractivity contribution < 1.29 is 14.3 Å². The van der Waals surface area contributed by atoms with E-state index in [1.54, 1.807) is 16.2 Å². The lowest BCUT2D eigenvalue weighted by Crippen LogP contribution is -2.38. The Bertz CT molecular complexity index is 840. The largest absolute Gasteiger partial charge is 0.393 e. The number of benzene rings is 1. The van der Waals surface area contributed by atoms with E-state index in [0.29, 0.717) is 25.2 Å². The van der Waals surface area contributed by atoms with Gasteiger partial charge in [0.1, 0.15) is 5.82 Å². The number of aromatic nitrogens is 1. The molecule has 3 N–H and O–H groups in total. The average Bonchev–Trinajstić information content (AvgIpc) is 2.98. The quantitative estimate of drug-likeness (QED) is 0.742. The van der Waals surface area contributed by atoms with E-state index < -0.39 is 5.82 Å². The van der Waals surface area contributed by atoms with Crippen LogP contribution in [0.1, 0.15) is 23.4 Å². The van der Waals surface area contributed by atoms with Gasteiger partial charge in [0, 0.05) is 29.6 Å². The Kier molecular flexibility index (Phi) is 4.73. The van der Waals surface area contributed by atoms with Crippen molar-refractivity contribution in [2.45, 2.75) is 38.0 Å². The van der Waals surface area contributed by atoms with E-state index in [2.05, 4.69) is 15.6 Å². The number of anilines is 2. The molecule has 0 spiro atoms. The number of carbonyl (C=O) groups is 1. The summed E-state index contributed by atoms with van der Waals surface area (Å²) in [4.78, 5) is 19.8. The molecule has 0 bridgehead atoms. The highest BCUT2D eigenvalue weighted by molar-refractivity contribution is 7.15. The van der Waals surface area contributed by atoms with Crippen molar-refractivity contribution in [2.75, 3.05) is 17.2 Å². The summed E-state index contributed by atoms with van der Waals surface area (Å²) >= 11 is 7.30. The molecule has 2 aliphatic rings. The van der Waals surface area contributed by atoms with E-state index in [1.165, 1.54) is 18.2 Å². The Morgan fingerprint density at radius 3 is 2.96 bits per heavy atom. The third kappa shape index (κ3) is 3.62. The highest BCUT2D eigenvalue weighted by atomic mass is 35.5. The summed E-state index contributed by atoms with van der Waals surface area (Å²) in [5.41, 5.74) is 1.48. The molecule has 26 heavy (non-hydrogen) atoms. The smallest absolute Gasteiger partial charge is 0.322 e. The summed E-state index contributed by atoms with van der Waals surface area (Å²) in [5.74, 6) is -0.518. The van der Waals surface area contributed by atoms with Crippen LogP contribution >= 0.6 is 22.9 Å². The number of hydrogen-bond acceptors (Lipinski definition) is 5. The number of urea groups is 1. The van der Waals surface area contributed by atoms with Crippen LogP contribution in [0.3, 0.4) is 0 Å². The Labute approximate surface area is 159 Å². The van der Waals surface area contributed by atoms with E-state index in [-0.39, 0.29) is 23.2 Å². The molecule has 1 aromatic heterocycles. The fraction of sp³-hybridized carbons (Fsp3) is 0.412. The number of fused-ring (bicyclic) bond motifs is 1. The second-order valence-corrected chi connectivity index (χ2v) is 8.08. The predicted octanol–water partition coefficient (Wildman–Crippen LogP) is 3.46. The first-order valence-electron chi connectivity index (χ1n) is 8.42. The number of nitrogens with one attached hydrogen (secondary N) is 2. The van der Waals surface area contributed by atoms with Crippen LogP contribution in [0.15, 0.2) is 18.2 Å². The van der Waals surface area contributed by atoms with Crippen molar-refractivity contribution in [1.29, 1.82) is 0 Å². The molecular weight excluding hydrogens is 379 g/mol. The molecule has 1 aliphatic heterocycles. The topological polar surface area (TPSA) is 77.5 Å². The molecule has 2 aromatic rings. The van der Waals surface area contributed by atoms with Gasteiger partial charge in [-0.2, -0.15) is 0 Å². The maximum atomic E-state index is 13.2. The first-order valence-corrected chi connectivity index (χ1v) is 9.61. The summed E-state index contributed by atoms with van der Waals surface area (Å²) in [7, 11) is 0. The van der Waals surface area contributed by atoms with E-state index in [9.17, 15) is 14.3 Å². The minimum Gasteiger partial charge on any atom is -0.393 e. The molecule has 1 fully saturated rings. The van der Waals surface area contributed by atoms with Gasteiger partial charge in [-0.1, -0.05) is 22.9 Å². The zero-order valence-electron chi connectivity index (χ0n) is 13.8. The lowest BCUT2D eigenvalue weighted by atomic mass is 9.90. The Morgan fingerprint density at radius 2 is 2.23 bits per heavy atom. The highest BCUT2D eigenvalue weighted by Gasteiger charge is 2.29. The van der Waals surface area contributed by atoms with Crippen molar-refractivity contribution in [1.82, 2.24) is 9.88 Å². The van der Waals surface area contributed by atoms with Crippen molar-refractivity contribution in [3.63, 3.8) is 0 Å². The van der Waals surface area contributed by atoms with Gasteiger partial charge < -0.3 is 20.6 Å². The first-order chi connectivity index (χ1) is 12.5. The van der Waals surface area contributed by atoms with E-state index in [4.69, 9.17) is 11.6 Å². The van der Waals surface area contributed by atoms with Crippen LogP contribution in [0.4, 0.5) is 20.0 Å². The molecule has 9 heteroatoms. The number of amides is 2. The fourth-order valence-corrected chi connectivity index (χ4v) is 4.37. The lowest BCUT2D eigenvalue weighted by molar-refractivity contribution is 0.0836. The number of thiazole rings is 1. The van der Waals surface area contributed by atoms with Crippen molar-refractivity contribution >= 4 is 39.8 Å². The van der Waals surface area contributed by atoms with Crippen LogP contribution < -0.4 is 10.6 Å². The minimum atomic E-state index is -0.518. The third-order valence-electron chi connectivity index (χ3n) is 4.63. The van der Waals surface area contributed by atoms with Gasteiger partial charge in [0.05, 0.1) is 23.4 Å². The van der Waals surface area contributed by atoms with Gasteiger partial charge in [-0.05, 0) is 31.0 Å². The third-order valence-corrected chi connectivity index (χ3v) is 5.93. The highest BCUT2D eigenvalue weighted by Crippen LogP contribution is 2.32. The molecule has 0 unspecified atom stereocenters. The van der Waals surface area contributed by atoms with Crippen LogP contribution in [0.5, 0.6) is 0 Å². The van der Waals surface area contributed by atoms with E-state index in [1.807, 2.05) is 0 Å². The molecule has 6 nitrogen and oxygen atoms in total. The zero-order valence-corrected chi connectivity index (χ0v) is 15.4. The number of aliphatic hydroxyl groups excluding tert-OH is 1. The number of carbonyl (C=O) groups excluding carboxylic acids is 1. The Hall–Kier alpha value is -1.90. The molecule has 2 amide bonds. The summed E-state index contributed by atoms with van der Waals surface area (Å²) in [6, 6.07) is 4.14. The number of nitrogens with zero attached hydrogens (tertiary/aromatic N) is 2. The van der Waals surface area contributed by atoms with Crippen LogP contribution in [-0.4, -0.2) is 39.7 Å². The standard InChI is InChI=1S/C17H18ClFN4O2S/c18-12-7-9(1-2-13(12)19)21-17(25)23-4-3-14-15(8-23)26-16(22-14)20-10-5-11(24)6-10/h1-2,7,10-11,24H,3-6,8H2,(H,20,22)(H,21,25). The Balaban J connectivity index is 1.38. The molecule has 0 saturated heterocycles. The monoisotopic (exact) mass is 396 g/mol. The van der Waals surface area contributed by atoms with Crippen LogP contribution in [0.25, 0.3) is 0 Å². The number of aliphatic hydroxyl groups is 1. The predicted molar refractivity (Wildman–Crippen MR) is 99.3 cm³/mol. The summed E-state index contributed by atoms with van der Waals surface area (Å²) in [6.45, 7) is 1.06. The van der Waals surface area contributed by atoms with E-state index in [0.717, 1.165) is 28.5 Å². The first kappa shape index (κ1) is 17.5. The normalized spacial score (nSPS) is 21.7. The maximum Gasteiger partial charge on any atom is 0.322 e. The van der Waals surface area contributed by atoms with Crippen molar-refractivity contribution in [3.8, 4) is 0 Å². The molecule has 1 aliphatic carbocycles. The van der Waals surface area contributed by atoms with Gasteiger partial charge in [0.2, 0.25) is 0 Å². The maximum absolute atomic E-state index is 13.2. The average molecular weight is 397 g/mol. The van der Waals surface area contributed by atoms with Crippen LogP contribution in [-0.2, 0) is 13.0 Å². The molecule has 1 saturated carbocycles. The molecule has 138 valence electrons. The lowest BCUT2D eigenvalue weighted by Gasteiger charge is -2.31. The van der Waals surface area contributed by atoms with Crippen molar-refractivity contribution in [2.24, 2.45) is 0 Å². The number of hydrogen-bond donors (Lipinski definition) is 3. The Morgan fingerprint density at radius 1 is 1.42 bits per heavy atom. The summed E-state index contributed by atoms with van der Waals surface area (Å²) in [5, 5.41) is 16.3. The second-order valence-electron chi connectivity index (χ2n) is 6.59. The van der Waals surface area contributed by atoms with Gasteiger partial charge in [-0.15, -0.1) is 0 Å². The van der Waals surface area contributed by atoms with Gasteiger partial charge in [0.25, 0.3) is 0 Å². The van der Waals surface area contributed by atoms with Gasteiger partial charge >= 0.3 is 6.03 Å². The summed E-state index contributed by atoms with van der Waals surface area (Å²) in [6.07, 6.45) is 1.98. The van der Waals surface area contributed by atoms with E-state index >= 15 is 0 Å². The van der Waals surface area contributed by atoms with Crippen LogP contribution in [0.2, 0.25) is 5.02 Å². The summed E-state index contributed by atoms with van der Waals surface area (Å²) < 4.78 is 13.2. The van der Waals surface area contributed by atoms with Gasteiger partial charge in [-0.25, -0.2) is 14.2 Å². The minimum absolute atomic E-state index is 0.0250. The molecule has 4 rings (SSSR count). The van der Waals surface area contributed by atoms with Crippen molar-refractivity contribution in [3.05, 3.63) is 39.6 Å². The molecule has 0 radical (unpaired) electrons. The molecular formula is C17H18ClFN4O2S.